The number of thioether (sulfide) groups is 1. The van der Waals surface area contributed by atoms with Crippen molar-refractivity contribution in [3.8, 4) is 0 Å². The molecule has 2 amide bonds. The second kappa shape index (κ2) is 8.22. The van der Waals surface area contributed by atoms with E-state index >= 15 is 0 Å². The quantitative estimate of drug-likeness (QED) is 0.756. The predicted octanol–water partition coefficient (Wildman–Crippen LogP) is 4.73. The number of aryl methyl sites for hydroxylation is 1. The van der Waals surface area contributed by atoms with E-state index in [9.17, 15) is 9.59 Å². The van der Waals surface area contributed by atoms with E-state index in [0.717, 1.165) is 10.5 Å². The van der Waals surface area contributed by atoms with Gasteiger partial charge in [0.05, 0.1) is 5.25 Å². The Bertz CT molecular complexity index is 764. The number of benzene rings is 2. The van der Waals surface area contributed by atoms with Gasteiger partial charge in [0.15, 0.2) is 0 Å². The van der Waals surface area contributed by atoms with Crippen molar-refractivity contribution in [3.05, 3.63) is 53.1 Å². The molecule has 126 valence electrons. The third kappa shape index (κ3) is 5.28. The van der Waals surface area contributed by atoms with Crippen LogP contribution in [-0.4, -0.2) is 17.1 Å². The van der Waals surface area contributed by atoms with Crippen molar-refractivity contribution >= 4 is 46.6 Å². The number of nitrogens with one attached hydrogen (secondary N) is 2. The lowest BCUT2D eigenvalue weighted by Gasteiger charge is -2.14. The van der Waals surface area contributed by atoms with E-state index in [1.165, 1.54) is 18.7 Å². The monoisotopic (exact) mass is 362 g/mol. The summed E-state index contributed by atoms with van der Waals surface area (Å²) in [7, 11) is 0. The van der Waals surface area contributed by atoms with Crippen LogP contribution in [0.4, 0.5) is 11.4 Å². The predicted molar refractivity (Wildman–Crippen MR) is 101 cm³/mol. The van der Waals surface area contributed by atoms with Crippen molar-refractivity contribution in [2.75, 3.05) is 10.6 Å². The lowest BCUT2D eigenvalue weighted by Crippen LogP contribution is -2.22. The molecule has 1 unspecified atom stereocenters. The molecule has 6 heteroatoms. The zero-order valence-electron chi connectivity index (χ0n) is 13.7. The first-order valence-corrected chi connectivity index (χ1v) is 8.72. The number of hydrogen-bond donors (Lipinski definition) is 2. The molecule has 2 rings (SSSR count). The van der Waals surface area contributed by atoms with E-state index in [1.54, 1.807) is 12.1 Å². The van der Waals surface area contributed by atoms with Crippen LogP contribution < -0.4 is 10.6 Å². The van der Waals surface area contributed by atoms with Gasteiger partial charge in [-0.2, -0.15) is 0 Å². The molecule has 0 aliphatic carbocycles. The SMILES string of the molecule is CC(=O)Nc1cccc(SC(C)C(=O)Nc2cc(Cl)ccc2C)c1. The molecule has 0 aliphatic heterocycles. The summed E-state index contributed by atoms with van der Waals surface area (Å²) < 4.78 is 0. The number of carbonyl (C=O) groups excluding carboxylic acids is 2. The first kappa shape index (κ1) is 18.4. The van der Waals surface area contributed by atoms with Crippen molar-refractivity contribution in [1.82, 2.24) is 0 Å². The molecule has 4 nitrogen and oxygen atoms in total. The fraction of sp³-hybridized carbons (Fsp3) is 0.222. The van der Waals surface area contributed by atoms with Crippen molar-refractivity contribution < 1.29 is 9.59 Å². The first-order valence-electron chi connectivity index (χ1n) is 7.46. The lowest BCUT2D eigenvalue weighted by atomic mass is 10.2. The average Bonchev–Trinajstić information content (AvgIpc) is 2.50. The van der Waals surface area contributed by atoms with E-state index < -0.39 is 0 Å². The van der Waals surface area contributed by atoms with Crippen LogP contribution in [0.5, 0.6) is 0 Å². The summed E-state index contributed by atoms with van der Waals surface area (Å²) in [5.41, 5.74) is 2.38. The van der Waals surface area contributed by atoms with Crippen molar-refractivity contribution in [3.63, 3.8) is 0 Å². The van der Waals surface area contributed by atoms with Gasteiger partial charge in [-0.1, -0.05) is 23.7 Å². The zero-order valence-corrected chi connectivity index (χ0v) is 15.3. The molecule has 0 saturated heterocycles. The highest BCUT2D eigenvalue weighted by atomic mass is 35.5. The number of hydrogen-bond acceptors (Lipinski definition) is 3. The number of amides is 2. The van der Waals surface area contributed by atoms with Gasteiger partial charge < -0.3 is 10.6 Å². The van der Waals surface area contributed by atoms with Crippen LogP contribution in [0.15, 0.2) is 47.4 Å². The molecular formula is C18H19ClN2O2S. The van der Waals surface area contributed by atoms with Crippen LogP contribution in [0.25, 0.3) is 0 Å². The number of anilines is 2. The van der Waals surface area contributed by atoms with Crippen molar-refractivity contribution in [1.29, 1.82) is 0 Å². The maximum Gasteiger partial charge on any atom is 0.237 e. The summed E-state index contributed by atoms with van der Waals surface area (Å²) in [6.45, 7) is 5.22. The van der Waals surface area contributed by atoms with E-state index in [2.05, 4.69) is 10.6 Å². The second-order valence-electron chi connectivity index (χ2n) is 5.42. The van der Waals surface area contributed by atoms with E-state index in [0.29, 0.717) is 16.4 Å². The molecule has 0 saturated carbocycles. The molecule has 0 fully saturated rings. The number of carbonyl (C=O) groups is 2. The maximum absolute atomic E-state index is 12.4. The minimum Gasteiger partial charge on any atom is -0.326 e. The summed E-state index contributed by atoms with van der Waals surface area (Å²) in [4.78, 5) is 24.4. The van der Waals surface area contributed by atoms with Gasteiger partial charge in [0.25, 0.3) is 0 Å². The van der Waals surface area contributed by atoms with Crippen molar-refractivity contribution in [2.45, 2.75) is 30.9 Å². The Balaban J connectivity index is 2.03. The van der Waals surface area contributed by atoms with Crippen LogP contribution in [0, 0.1) is 6.92 Å². The van der Waals surface area contributed by atoms with Gasteiger partial charge in [0.2, 0.25) is 11.8 Å². The Hall–Kier alpha value is -1.98. The summed E-state index contributed by atoms with van der Waals surface area (Å²) in [5.74, 6) is -0.227. The number of halogens is 1. The Morgan fingerprint density at radius 3 is 2.58 bits per heavy atom. The maximum atomic E-state index is 12.4. The Morgan fingerprint density at radius 2 is 1.88 bits per heavy atom. The van der Waals surface area contributed by atoms with Gasteiger partial charge in [-0.15, -0.1) is 11.8 Å². The molecule has 0 heterocycles. The summed E-state index contributed by atoms with van der Waals surface area (Å²) in [6.07, 6.45) is 0. The molecule has 0 bridgehead atoms. The van der Waals surface area contributed by atoms with Gasteiger partial charge >= 0.3 is 0 Å². The zero-order chi connectivity index (χ0) is 17.7. The van der Waals surface area contributed by atoms with Gasteiger partial charge in [-0.05, 0) is 49.7 Å². The highest BCUT2D eigenvalue weighted by molar-refractivity contribution is 8.00. The molecule has 1 atom stereocenters. The Morgan fingerprint density at radius 1 is 1.12 bits per heavy atom. The van der Waals surface area contributed by atoms with Crippen LogP contribution in [-0.2, 0) is 9.59 Å². The Kier molecular flexibility index (Phi) is 6.29. The normalized spacial score (nSPS) is 11.7. The summed E-state index contributed by atoms with van der Waals surface area (Å²) in [6, 6.07) is 12.8. The smallest absolute Gasteiger partial charge is 0.237 e. The van der Waals surface area contributed by atoms with Crippen LogP contribution in [0.2, 0.25) is 5.02 Å². The molecular weight excluding hydrogens is 344 g/mol. The highest BCUT2D eigenvalue weighted by Gasteiger charge is 2.16. The molecule has 0 aliphatic rings. The van der Waals surface area contributed by atoms with Crippen molar-refractivity contribution in [2.24, 2.45) is 0 Å². The fourth-order valence-corrected chi connectivity index (χ4v) is 3.17. The molecule has 2 aromatic carbocycles. The minimum atomic E-state index is -0.295. The molecule has 0 aromatic heterocycles. The fourth-order valence-electron chi connectivity index (χ4n) is 2.07. The van der Waals surface area contributed by atoms with Gasteiger partial charge in [0.1, 0.15) is 0 Å². The Labute approximate surface area is 151 Å². The van der Waals surface area contributed by atoms with Gasteiger partial charge in [0, 0.05) is 28.2 Å². The summed E-state index contributed by atoms with van der Waals surface area (Å²) >= 11 is 7.40. The van der Waals surface area contributed by atoms with Gasteiger partial charge in [-0.3, -0.25) is 9.59 Å². The summed E-state index contributed by atoms with van der Waals surface area (Å²) in [5, 5.41) is 5.92. The molecule has 2 N–H and O–H groups in total. The average molecular weight is 363 g/mol. The van der Waals surface area contributed by atoms with Crippen LogP contribution >= 0.6 is 23.4 Å². The second-order valence-corrected chi connectivity index (χ2v) is 7.27. The largest absolute Gasteiger partial charge is 0.326 e. The highest BCUT2D eigenvalue weighted by Crippen LogP contribution is 2.27. The van der Waals surface area contributed by atoms with E-state index in [-0.39, 0.29) is 17.1 Å². The van der Waals surface area contributed by atoms with Gasteiger partial charge in [-0.25, -0.2) is 0 Å². The topological polar surface area (TPSA) is 58.2 Å². The third-order valence-electron chi connectivity index (χ3n) is 3.29. The lowest BCUT2D eigenvalue weighted by molar-refractivity contribution is -0.115. The van der Waals surface area contributed by atoms with E-state index in [1.807, 2.05) is 44.2 Å². The third-order valence-corrected chi connectivity index (χ3v) is 4.62. The minimum absolute atomic E-state index is 0.102. The molecule has 2 aromatic rings. The van der Waals surface area contributed by atoms with Crippen LogP contribution in [0.3, 0.4) is 0 Å². The first-order chi connectivity index (χ1) is 11.3. The van der Waals surface area contributed by atoms with Crippen LogP contribution in [0.1, 0.15) is 19.4 Å². The van der Waals surface area contributed by atoms with E-state index in [4.69, 9.17) is 11.6 Å². The molecule has 24 heavy (non-hydrogen) atoms. The molecule has 0 spiro atoms. The molecule has 0 radical (unpaired) electrons. The standard InChI is InChI=1S/C18H19ClN2O2S/c1-11-7-8-14(19)9-17(11)21-18(23)12(2)24-16-6-4-5-15(10-16)20-13(3)22/h4-10,12H,1-3H3,(H,20,22)(H,21,23). The number of rotatable bonds is 5.